The largest absolute Gasteiger partial charge is 0.394 e. The molecule has 1 aliphatic heterocycles. The van der Waals surface area contributed by atoms with E-state index in [1.165, 1.54) is 24.9 Å². The van der Waals surface area contributed by atoms with E-state index in [1.807, 2.05) is 22.8 Å². The maximum Gasteiger partial charge on any atom is 0.154 e. The van der Waals surface area contributed by atoms with E-state index >= 15 is 0 Å². The van der Waals surface area contributed by atoms with Gasteiger partial charge < -0.3 is 15.3 Å². The van der Waals surface area contributed by atoms with Crippen LogP contribution in [0.1, 0.15) is 33.1 Å². The Hall–Kier alpha value is -2.60. The van der Waals surface area contributed by atoms with Gasteiger partial charge >= 0.3 is 0 Å². The molecule has 6 heteroatoms. The van der Waals surface area contributed by atoms with Crippen molar-refractivity contribution in [2.75, 3.05) is 29.9 Å². The monoisotopic (exact) mass is 379 g/mol. The van der Waals surface area contributed by atoms with E-state index in [9.17, 15) is 5.11 Å². The number of aliphatic hydroxyl groups is 1. The van der Waals surface area contributed by atoms with Crippen LogP contribution < -0.4 is 10.2 Å². The molecule has 2 aromatic heterocycles. The van der Waals surface area contributed by atoms with Crippen LogP contribution in [0.2, 0.25) is 0 Å². The van der Waals surface area contributed by atoms with Crippen LogP contribution in [0, 0.1) is 5.92 Å². The lowest BCUT2D eigenvalue weighted by atomic mass is 10.1. The Kier molecular flexibility index (Phi) is 5.48. The van der Waals surface area contributed by atoms with Gasteiger partial charge in [-0.2, -0.15) is 0 Å². The highest BCUT2D eigenvalue weighted by atomic mass is 16.3. The van der Waals surface area contributed by atoms with Crippen LogP contribution in [0.25, 0.3) is 16.9 Å². The Bertz CT molecular complexity index is 912. The predicted octanol–water partition coefficient (Wildman–Crippen LogP) is 3.82. The number of benzene rings is 1. The molecule has 0 unspecified atom stereocenters. The van der Waals surface area contributed by atoms with Crippen molar-refractivity contribution in [1.29, 1.82) is 0 Å². The Morgan fingerprint density at radius 3 is 2.46 bits per heavy atom. The lowest BCUT2D eigenvalue weighted by molar-refractivity contribution is 0.249. The van der Waals surface area contributed by atoms with Crippen LogP contribution in [-0.4, -0.2) is 45.4 Å². The molecule has 4 rings (SSSR count). The molecule has 28 heavy (non-hydrogen) atoms. The van der Waals surface area contributed by atoms with E-state index in [4.69, 9.17) is 5.10 Å². The molecule has 3 aromatic rings. The number of aliphatic hydroxyl groups excluding tert-OH is 1. The molecule has 2 N–H and O–H groups in total. The van der Waals surface area contributed by atoms with Gasteiger partial charge in [0.2, 0.25) is 0 Å². The Balaban J connectivity index is 1.60. The number of nitrogens with one attached hydrogen (secondary N) is 1. The molecule has 6 nitrogen and oxygen atoms in total. The van der Waals surface area contributed by atoms with Gasteiger partial charge in [-0.3, -0.25) is 0 Å². The second kappa shape index (κ2) is 8.19. The normalized spacial score (nSPS) is 15.9. The Morgan fingerprint density at radius 1 is 1.04 bits per heavy atom. The third-order valence-corrected chi connectivity index (χ3v) is 5.58. The highest BCUT2D eigenvalue weighted by Crippen LogP contribution is 2.26. The summed E-state index contributed by atoms with van der Waals surface area (Å²) in [5.41, 5.74) is 4.16. The summed E-state index contributed by atoms with van der Waals surface area (Å²) in [5, 5.41) is 17.6. The molecule has 0 bridgehead atoms. The van der Waals surface area contributed by atoms with Crippen LogP contribution in [0.4, 0.5) is 11.5 Å². The molecule has 0 saturated carbocycles. The summed E-state index contributed by atoms with van der Waals surface area (Å²) in [6, 6.07) is 12.5. The zero-order valence-corrected chi connectivity index (χ0v) is 16.7. The second-order valence-corrected chi connectivity index (χ2v) is 7.90. The lowest BCUT2D eigenvalue weighted by Gasteiger charge is -2.28. The number of anilines is 2. The molecule has 0 amide bonds. The van der Waals surface area contributed by atoms with Gasteiger partial charge in [-0.25, -0.2) is 9.50 Å². The van der Waals surface area contributed by atoms with Gasteiger partial charge in [-0.05, 0) is 49.4 Å². The summed E-state index contributed by atoms with van der Waals surface area (Å²) < 4.78 is 1.87. The van der Waals surface area contributed by atoms with Gasteiger partial charge in [-0.15, -0.1) is 5.10 Å². The smallest absolute Gasteiger partial charge is 0.154 e. The summed E-state index contributed by atoms with van der Waals surface area (Å²) in [5.74, 6) is 1.05. The van der Waals surface area contributed by atoms with Crippen molar-refractivity contribution < 1.29 is 5.11 Å². The molecule has 3 heterocycles. The van der Waals surface area contributed by atoms with E-state index in [1.54, 1.807) is 0 Å². The van der Waals surface area contributed by atoms with Crippen molar-refractivity contribution in [1.82, 2.24) is 14.6 Å². The molecule has 1 saturated heterocycles. The second-order valence-electron chi connectivity index (χ2n) is 7.90. The topological polar surface area (TPSA) is 65.7 Å². The molecule has 1 atom stereocenters. The zero-order valence-electron chi connectivity index (χ0n) is 16.7. The maximum absolute atomic E-state index is 9.58. The third kappa shape index (κ3) is 3.83. The van der Waals surface area contributed by atoms with Crippen molar-refractivity contribution in [2.24, 2.45) is 5.92 Å². The van der Waals surface area contributed by atoms with E-state index in [0.717, 1.165) is 35.8 Å². The van der Waals surface area contributed by atoms with Crippen molar-refractivity contribution in [3.05, 3.63) is 42.6 Å². The van der Waals surface area contributed by atoms with Crippen molar-refractivity contribution in [3.8, 4) is 11.3 Å². The Labute approximate surface area is 166 Å². The number of hydrogen-bond donors (Lipinski definition) is 2. The summed E-state index contributed by atoms with van der Waals surface area (Å²) >= 11 is 0. The van der Waals surface area contributed by atoms with Gasteiger partial charge in [0, 0.05) is 24.3 Å². The minimum Gasteiger partial charge on any atom is -0.394 e. The SMILES string of the molecule is CC(C)[C@@H](CO)Nc1ccc2ncc(-c3ccc(N4CCCCC4)cc3)n2n1. The molecule has 1 aromatic carbocycles. The summed E-state index contributed by atoms with van der Waals surface area (Å²) in [6.07, 6.45) is 5.76. The number of rotatable bonds is 6. The average Bonchev–Trinajstić information content (AvgIpc) is 3.16. The van der Waals surface area contributed by atoms with E-state index in [2.05, 4.69) is 53.3 Å². The highest BCUT2D eigenvalue weighted by molar-refractivity contribution is 5.66. The maximum atomic E-state index is 9.58. The number of nitrogens with zero attached hydrogens (tertiary/aromatic N) is 4. The highest BCUT2D eigenvalue weighted by Gasteiger charge is 2.15. The minimum absolute atomic E-state index is 0.0271. The number of hydrogen-bond acceptors (Lipinski definition) is 5. The summed E-state index contributed by atoms with van der Waals surface area (Å²) in [6.45, 7) is 6.53. The number of imidazole rings is 1. The van der Waals surface area contributed by atoms with Gasteiger partial charge in [0.05, 0.1) is 24.5 Å². The molecule has 148 valence electrons. The van der Waals surface area contributed by atoms with Crippen molar-refractivity contribution in [3.63, 3.8) is 0 Å². The molecule has 1 aliphatic rings. The fraction of sp³-hybridized carbons (Fsp3) is 0.455. The zero-order chi connectivity index (χ0) is 19.5. The van der Waals surface area contributed by atoms with Crippen molar-refractivity contribution in [2.45, 2.75) is 39.2 Å². The van der Waals surface area contributed by atoms with Crippen LogP contribution in [0.3, 0.4) is 0 Å². The fourth-order valence-corrected chi connectivity index (χ4v) is 3.76. The predicted molar refractivity (Wildman–Crippen MR) is 114 cm³/mol. The van der Waals surface area contributed by atoms with Crippen LogP contribution >= 0.6 is 0 Å². The standard InChI is InChI=1S/C22H29N5O/c1-16(2)19(15-28)24-21-10-11-22-23-14-20(27(22)25-21)17-6-8-18(9-7-17)26-12-4-3-5-13-26/h6-11,14,16,19,28H,3-5,12-13,15H2,1-2H3,(H,24,25)/t19-/m1/s1. The fourth-order valence-electron chi connectivity index (χ4n) is 3.76. The molecule has 0 aliphatic carbocycles. The first-order valence-electron chi connectivity index (χ1n) is 10.2. The first-order chi connectivity index (χ1) is 13.7. The van der Waals surface area contributed by atoms with Crippen LogP contribution in [0.5, 0.6) is 0 Å². The summed E-state index contributed by atoms with van der Waals surface area (Å²) in [7, 11) is 0. The van der Waals surface area contributed by atoms with Crippen molar-refractivity contribution >= 4 is 17.2 Å². The van der Waals surface area contributed by atoms with Gasteiger partial charge in [0.1, 0.15) is 5.82 Å². The van der Waals surface area contributed by atoms with Gasteiger partial charge in [-0.1, -0.05) is 26.0 Å². The number of aromatic nitrogens is 3. The van der Waals surface area contributed by atoms with Gasteiger partial charge in [0.25, 0.3) is 0 Å². The minimum atomic E-state index is -0.0271. The lowest BCUT2D eigenvalue weighted by Crippen LogP contribution is -2.30. The van der Waals surface area contributed by atoms with Crippen LogP contribution in [-0.2, 0) is 0 Å². The number of fused-ring (bicyclic) bond motifs is 1. The average molecular weight is 380 g/mol. The quantitative estimate of drug-likeness (QED) is 0.682. The first-order valence-corrected chi connectivity index (χ1v) is 10.2. The van der Waals surface area contributed by atoms with E-state index in [-0.39, 0.29) is 12.6 Å². The molecule has 0 spiro atoms. The molecule has 0 radical (unpaired) electrons. The van der Waals surface area contributed by atoms with Crippen LogP contribution in [0.15, 0.2) is 42.6 Å². The van der Waals surface area contributed by atoms with Gasteiger partial charge in [0.15, 0.2) is 5.65 Å². The molecular weight excluding hydrogens is 350 g/mol. The van der Waals surface area contributed by atoms with E-state index < -0.39 is 0 Å². The number of piperidine rings is 1. The first kappa shape index (κ1) is 18.7. The van der Waals surface area contributed by atoms with E-state index in [0.29, 0.717) is 5.92 Å². The summed E-state index contributed by atoms with van der Waals surface area (Å²) in [4.78, 5) is 6.96. The third-order valence-electron chi connectivity index (χ3n) is 5.58. The molecular formula is C22H29N5O. The molecule has 1 fully saturated rings. The Morgan fingerprint density at radius 2 is 1.79 bits per heavy atom.